The first kappa shape index (κ1) is 20.9. The van der Waals surface area contributed by atoms with Crippen LogP contribution in [-0.2, 0) is 4.79 Å². The topological polar surface area (TPSA) is 114 Å². The first-order chi connectivity index (χ1) is 15.0. The molecular weight excluding hydrogens is 438 g/mol. The maximum absolute atomic E-state index is 12.1. The molecule has 0 fully saturated rings. The van der Waals surface area contributed by atoms with Gasteiger partial charge in [0, 0.05) is 17.4 Å². The van der Waals surface area contributed by atoms with E-state index in [-0.39, 0.29) is 12.5 Å². The van der Waals surface area contributed by atoms with Gasteiger partial charge in [0.1, 0.15) is 0 Å². The summed E-state index contributed by atoms with van der Waals surface area (Å²) in [5, 5.41) is 16.9. The Bertz CT molecular complexity index is 1130. The van der Waals surface area contributed by atoms with Crippen molar-refractivity contribution in [2.45, 2.75) is 18.2 Å². The number of thioether (sulfide) groups is 1. The van der Waals surface area contributed by atoms with Gasteiger partial charge in [0.05, 0.1) is 5.75 Å². The SMILES string of the molecule is Cc1cccc(Nc2nnc(SCC(=O)NC(=O)Nc3ccc4c(c3)OCO4)s2)c1C. The van der Waals surface area contributed by atoms with E-state index in [4.69, 9.17) is 9.47 Å². The van der Waals surface area contributed by atoms with Crippen molar-refractivity contribution >= 4 is 51.5 Å². The van der Waals surface area contributed by atoms with Crippen molar-refractivity contribution in [1.29, 1.82) is 0 Å². The number of anilines is 3. The second kappa shape index (κ2) is 9.23. The van der Waals surface area contributed by atoms with Gasteiger partial charge in [-0.3, -0.25) is 10.1 Å². The number of amides is 3. The lowest BCUT2D eigenvalue weighted by molar-refractivity contribution is -0.117. The smallest absolute Gasteiger partial charge is 0.325 e. The van der Waals surface area contributed by atoms with Crippen LogP contribution >= 0.6 is 23.1 Å². The average Bonchev–Trinajstić information content (AvgIpc) is 3.38. The van der Waals surface area contributed by atoms with E-state index in [0.717, 1.165) is 11.3 Å². The van der Waals surface area contributed by atoms with Gasteiger partial charge < -0.3 is 20.1 Å². The van der Waals surface area contributed by atoms with Gasteiger partial charge in [0.15, 0.2) is 15.8 Å². The molecule has 1 aliphatic heterocycles. The number of benzene rings is 2. The van der Waals surface area contributed by atoms with Gasteiger partial charge in [0.2, 0.25) is 17.8 Å². The number of rotatable bonds is 6. The molecular formula is C20H19N5O4S2. The van der Waals surface area contributed by atoms with Crippen molar-refractivity contribution in [2.24, 2.45) is 0 Å². The number of imide groups is 1. The van der Waals surface area contributed by atoms with E-state index in [1.54, 1.807) is 18.2 Å². The number of hydrogen-bond donors (Lipinski definition) is 3. The number of carbonyl (C=O) groups is 2. The van der Waals surface area contributed by atoms with E-state index >= 15 is 0 Å². The van der Waals surface area contributed by atoms with E-state index in [0.29, 0.717) is 26.7 Å². The Morgan fingerprint density at radius 1 is 1.13 bits per heavy atom. The van der Waals surface area contributed by atoms with Gasteiger partial charge in [-0.2, -0.15) is 0 Å². The minimum absolute atomic E-state index is 0.0344. The Labute approximate surface area is 186 Å². The molecule has 160 valence electrons. The molecule has 11 heteroatoms. The summed E-state index contributed by atoms with van der Waals surface area (Å²) in [5.74, 6) is 0.748. The Morgan fingerprint density at radius 3 is 2.84 bits per heavy atom. The van der Waals surface area contributed by atoms with Gasteiger partial charge in [0.25, 0.3) is 0 Å². The van der Waals surface area contributed by atoms with E-state index in [2.05, 4.69) is 26.1 Å². The van der Waals surface area contributed by atoms with Gasteiger partial charge in [-0.05, 0) is 43.2 Å². The molecule has 0 spiro atoms. The van der Waals surface area contributed by atoms with E-state index < -0.39 is 11.9 Å². The Hall–Kier alpha value is -3.31. The summed E-state index contributed by atoms with van der Waals surface area (Å²) in [6.45, 7) is 4.23. The molecule has 0 aliphatic carbocycles. The molecule has 9 nitrogen and oxygen atoms in total. The molecule has 0 atom stereocenters. The molecule has 1 aliphatic rings. The Kier molecular flexibility index (Phi) is 6.23. The van der Waals surface area contributed by atoms with Gasteiger partial charge in [-0.1, -0.05) is 35.2 Å². The number of fused-ring (bicyclic) bond motifs is 1. The zero-order valence-electron chi connectivity index (χ0n) is 16.7. The number of ether oxygens (including phenoxy) is 2. The fraction of sp³-hybridized carbons (Fsp3) is 0.200. The minimum Gasteiger partial charge on any atom is -0.454 e. The van der Waals surface area contributed by atoms with Crippen LogP contribution in [0.4, 0.5) is 21.3 Å². The number of aryl methyl sites for hydroxylation is 1. The lowest BCUT2D eigenvalue weighted by Gasteiger charge is -2.08. The lowest BCUT2D eigenvalue weighted by atomic mass is 10.1. The van der Waals surface area contributed by atoms with E-state index in [1.807, 2.05) is 32.0 Å². The van der Waals surface area contributed by atoms with Crippen LogP contribution in [0.1, 0.15) is 11.1 Å². The van der Waals surface area contributed by atoms with Gasteiger partial charge in [-0.25, -0.2) is 4.79 Å². The normalized spacial score (nSPS) is 11.8. The molecule has 3 amide bonds. The average molecular weight is 458 g/mol. The third kappa shape index (κ3) is 5.25. The Morgan fingerprint density at radius 2 is 1.97 bits per heavy atom. The summed E-state index contributed by atoms with van der Waals surface area (Å²) in [6, 6.07) is 10.4. The number of carbonyl (C=O) groups excluding carboxylic acids is 2. The summed E-state index contributed by atoms with van der Waals surface area (Å²) in [7, 11) is 0. The largest absolute Gasteiger partial charge is 0.454 e. The fourth-order valence-corrected chi connectivity index (χ4v) is 4.31. The van der Waals surface area contributed by atoms with Crippen molar-refractivity contribution in [3.05, 3.63) is 47.5 Å². The molecule has 3 aromatic rings. The van der Waals surface area contributed by atoms with Crippen molar-refractivity contribution in [1.82, 2.24) is 15.5 Å². The highest BCUT2D eigenvalue weighted by atomic mass is 32.2. The highest BCUT2D eigenvalue weighted by Crippen LogP contribution is 2.34. The molecule has 0 saturated carbocycles. The summed E-state index contributed by atoms with van der Waals surface area (Å²) in [4.78, 5) is 24.1. The number of urea groups is 1. The molecule has 4 rings (SSSR count). The molecule has 3 N–H and O–H groups in total. The summed E-state index contributed by atoms with van der Waals surface area (Å²) in [6.07, 6.45) is 0. The maximum Gasteiger partial charge on any atom is 0.325 e. The molecule has 1 aromatic heterocycles. The van der Waals surface area contributed by atoms with Crippen molar-refractivity contribution in [3.63, 3.8) is 0 Å². The third-order valence-corrected chi connectivity index (χ3v) is 6.43. The number of nitrogens with one attached hydrogen (secondary N) is 3. The van der Waals surface area contributed by atoms with Crippen molar-refractivity contribution < 1.29 is 19.1 Å². The van der Waals surface area contributed by atoms with Crippen LogP contribution in [-0.4, -0.2) is 34.7 Å². The highest BCUT2D eigenvalue weighted by molar-refractivity contribution is 8.01. The van der Waals surface area contributed by atoms with Gasteiger partial charge >= 0.3 is 6.03 Å². The molecule has 0 unspecified atom stereocenters. The van der Waals surface area contributed by atoms with Crippen LogP contribution in [0.5, 0.6) is 11.5 Å². The van der Waals surface area contributed by atoms with E-state index in [1.165, 1.54) is 28.7 Å². The quantitative estimate of drug-likeness (QED) is 0.475. The lowest BCUT2D eigenvalue weighted by Crippen LogP contribution is -2.35. The number of hydrogen-bond acceptors (Lipinski definition) is 9. The third-order valence-electron chi connectivity index (χ3n) is 4.46. The predicted octanol–water partition coefficient (Wildman–Crippen LogP) is 4.07. The number of aromatic nitrogens is 2. The summed E-state index contributed by atoms with van der Waals surface area (Å²) < 4.78 is 11.1. The monoisotopic (exact) mass is 457 g/mol. The minimum atomic E-state index is -0.626. The van der Waals surface area contributed by atoms with Crippen molar-refractivity contribution in [2.75, 3.05) is 23.2 Å². The zero-order valence-corrected chi connectivity index (χ0v) is 18.4. The summed E-state index contributed by atoms with van der Waals surface area (Å²) >= 11 is 2.55. The number of nitrogens with zero attached hydrogens (tertiary/aromatic N) is 2. The molecule has 2 heterocycles. The fourth-order valence-electron chi connectivity index (χ4n) is 2.75. The molecule has 31 heavy (non-hydrogen) atoms. The van der Waals surface area contributed by atoms with Crippen LogP contribution < -0.4 is 25.4 Å². The molecule has 0 radical (unpaired) electrons. The first-order valence-electron chi connectivity index (χ1n) is 9.28. The molecule has 0 saturated heterocycles. The van der Waals surface area contributed by atoms with Crippen LogP contribution in [0, 0.1) is 13.8 Å². The van der Waals surface area contributed by atoms with Crippen LogP contribution in [0.25, 0.3) is 0 Å². The molecule has 2 aromatic carbocycles. The van der Waals surface area contributed by atoms with Gasteiger partial charge in [-0.15, -0.1) is 10.2 Å². The van der Waals surface area contributed by atoms with E-state index in [9.17, 15) is 9.59 Å². The molecule has 0 bridgehead atoms. The Balaban J connectivity index is 1.25. The zero-order chi connectivity index (χ0) is 21.8. The van der Waals surface area contributed by atoms with Crippen LogP contribution in [0.3, 0.4) is 0 Å². The van der Waals surface area contributed by atoms with Crippen LogP contribution in [0.15, 0.2) is 40.7 Å². The second-order valence-corrected chi connectivity index (χ2v) is 8.80. The second-order valence-electron chi connectivity index (χ2n) is 6.60. The van der Waals surface area contributed by atoms with Crippen LogP contribution in [0.2, 0.25) is 0 Å². The highest BCUT2D eigenvalue weighted by Gasteiger charge is 2.15. The maximum atomic E-state index is 12.1. The predicted molar refractivity (Wildman–Crippen MR) is 120 cm³/mol. The summed E-state index contributed by atoms with van der Waals surface area (Å²) in [5.41, 5.74) is 3.78. The standard InChI is InChI=1S/C20H19N5O4S2/c1-11-4-3-5-14(12(11)2)22-19-24-25-20(31-19)30-9-17(26)23-18(27)21-13-6-7-15-16(8-13)29-10-28-15/h3-8H,9-10H2,1-2H3,(H,22,24)(H2,21,23,26,27). The first-order valence-corrected chi connectivity index (χ1v) is 11.1. The van der Waals surface area contributed by atoms with Crippen molar-refractivity contribution in [3.8, 4) is 11.5 Å².